The molecule has 0 unspecified atom stereocenters. The fraction of sp³-hybridized carbons (Fsp3) is 0.433. The van der Waals surface area contributed by atoms with Crippen LogP contribution in [0.15, 0.2) is 48.9 Å². The number of anilines is 4. The molecule has 1 saturated carbocycles. The summed E-state index contributed by atoms with van der Waals surface area (Å²) < 4.78 is 0. The summed E-state index contributed by atoms with van der Waals surface area (Å²) in [4.78, 5) is 30.9. The number of aliphatic hydroxyl groups excluding tert-OH is 1. The minimum atomic E-state index is -0.348. The third kappa shape index (κ3) is 5.16. The van der Waals surface area contributed by atoms with Crippen molar-refractivity contribution in [2.75, 3.05) is 61.4 Å². The quantitative estimate of drug-likeness (QED) is 0.377. The first-order chi connectivity index (χ1) is 19.6. The van der Waals surface area contributed by atoms with Crippen LogP contribution in [0, 0.1) is 0 Å². The molecule has 2 saturated heterocycles. The van der Waals surface area contributed by atoms with Crippen LogP contribution in [-0.4, -0.2) is 87.3 Å². The molecule has 40 heavy (non-hydrogen) atoms. The third-order valence-electron chi connectivity index (χ3n) is 8.17. The molecule has 4 aromatic rings. The van der Waals surface area contributed by atoms with Crippen molar-refractivity contribution < 1.29 is 5.11 Å². The van der Waals surface area contributed by atoms with Crippen molar-refractivity contribution in [3.63, 3.8) is 0 Å². The first-order valence-electron chi connectivity index (χ1n) is 14.3. The van der Waals surface area contributed by atoms with Gasteiger partial charge in [-0.05, 0) is 68.5 Å². The predicted molar refractivity (Wildman–Crippen MR) is 157 cm³/mol. The molecule has 0 amide bonds. The average molecular weight is 538 g/mol. The molecule has 3 aliphatic rings. The van der Waals surface area contributed by atoms with Gasteiger partial charge in [0.2, 0.25) is 0 Å². The largest absolute Gasteiger partial charge is 0.391 e. The summed E-state index contributed by atoms with van der Waals surface area (Å²) in [5, 5.41) is 14.9. The highest BCUT2D eigenvalue weighted by atomic mass is 16.3. The van der Waals surface area contributed by atoms with Crippen molar-refractivity contribution in [3.05, 3.63) is 54.5 Å². The number of rotatable bonds is 6. The summed E-state index contributed by atoms with van der Waals surface area (Å²) in [7, 11) is 2.15. The van der Waals surface area contributed by atoms with Gasteiger partial charge in [-0.25, -0.2) is 19.9 Å². The number of aliphatic hydroxyl groups is 1. The Hall–Kier alpha value is -3.89. The van der Waals surface area contributed by atoms with E-state index >= 15 is 0 Å². The van der Waals surface area contributed by atoms with E-state index in [4.69, 9.17) is 15.0 Å². The molecule has 0 radical (unpaired) electrons. The standard InChI is InChI=1S/C30H35N9O/c1-37-12-14-38(15-13-37)27-6-2-5-25(35-27)34-26-16-21(9-10-32-26)29-33-24-18-31-17-23(20-7-8-20)28(24)30(36-29)39-11-3-4-22(40)19-39/h2,5-6,9-10,16-18,20,22,40H,3-4,7-8,11-15,19H2,1H3,(H,32,34,35)/t22-/m1/s1. The average Bonchev–Trinajstić information content (AvgIpc) is 3.83. The van der Waals surface area contributed by atoms with Gasteiger partial charge in [0.15, 0.2) is 5.82 Å². The van der Waals surface area contributed by atoms with Crippen molar-refractivity contribution in [2.45, 2.75) is 37.7 Å². The van der Waals surface area contributed by atoms with E-state index in [0.29, 0.717) is 24.1 Å². The zero-order valence-electron chi connectivity index (χ0n) is 22.9. The highest BCUT2D eigenvalue weighted by Crippen LogP contribution is 2.45. The summed E-state index contributed by atoms with van der Waals surface area (Å²) in [6, 6.07) is 9.96. The zero-order valence-corrected chi connectivity index (χ0v) is 22.9. The van der Waals surface area contributed by atoms with Gasteiger partial charge >= 0.3 is 0 Å². The number of piperidine rings is 1. The lowest BCUT2D eigenvalue weighted by Crippen LogP contribution is -2.44. The van der Waals surface area contributed by atoms with Crippen LogP contribution in [0.5, 0.6) is 0 Å². The number of aromatic nitrogens is 5. The maximum atomic E-state index is 10.5. The van der Waals surface area contributed by atoms with Crippen molar-refractivity contribution in [1.82, 2.24) is 29.8 Å². The van der Waals surface area contributed by atoms with Crippen molar-refractivity contribution in [1.29, 1.82) is 0 Å². The van der Waals surface area contributed by atoms with Crippen LogP contribution in [0.4, 0.5) is 23.3 Å². The molecule has 1 aliphatic carbocycles. The van der Waals surface area contributed by atoms with E-state index in [1.165, 1.54) is 18.4 Å². The van der Waals surface area contributed by atoms with Crippen LogP contribution in [0.25, 0.3) is 22.3 Å². The minimum absolute atomic E-state index is 0.348. The summed E-state index contributed by atoms with van der Waals surface area (Å²) >= 11 is 0. The molecule has 2 N–H and O–H groups in total. The van der Waals surface area contributed by atoms with Crippen LogP contribution >= 0.6 is 0 Å². The first-order valence-corrected chi connectivity index (χ1v) is 14.3. The molecule has 6 heterocycles. The van der Waals surface area contributed by atoms with Gasteiger partial charge in [-0.2, -0.15) is 0 Å². The zero-order chi connectivity index (χ0) is 27.1. The molecule has 2 aliphatic heterocycles. The van der Waals surface area contributed by atoms with Crippen LogP contribution in [0.2, 0.25) is 0 Å². The Kier molecular flexibility index (Phi) is 6.65. The molecular weight excluding hydrogens is 502 g/mol. The van der Waals surface area contributed by atoms with Gasteiger partial charge in [0.05, 0.1) is 17.8 Å². The Morgan fingerprint density at radius 1 is 0.900 bits per heavy atom. The number of nitrogens with one attached hydrogen (secondary N) is 1. The van der Waals surface area contributed by atoms with E-state index in [-0.39, 0.29) is 6.10 Å². The number of β-amino-alcohol motifs (C(OH)–C–C–N with tert-alkyl or cyclic N) is 1. The number of nitrogens with zero attached hydrogens (tertiary/aromatic N) is 8. The predicted octanol–water partition coefficient (Wildman–Crippen LogP) is 3.82. The normalized spacial score (nSPS) is 20.2. The first kappa shape index (κ1) is 25.1. The van der Waals surface area contributed by atoms with Crippen molar-refractivity contribution >= 4 is 34.2 Å². The second-order valence-electron chi connectivity index (χ2n) is 11.2. The molecule has 206 valence electrons. The van der Waals surface area contributed by atoms with Crippen LogP contribution < -0.4 is 15.1 Å². The number of pyridine rings is 3. The van der Waals surface area contributed by atoms with E-state index < -0.39 is 0 Å². The molecule has 10 heteroatoms. The van der Waals surface area contributed by atoms with Gasteiger partial charge in [-0.15, -0.1) is 0 Å². The van der Waals surface area contributed by atoms with E-state index in [0.717, 1.165) is 79.5 Å². The Morgan fingerprint density at radius 2 is 1.77 bits per heavy atom. The Bertz CT molecular complexity index is 1520. The molecule has 0 spiro atoms. The lowest BCUT2D eigenvalue weighted by atomic mass is 10.0. The Labute approximate surface area is 234 Å². The van der Waals surface area contributed by atoms with Crippen molar-refractivity contribution in [3.8, 4) is 11.4 Å². The minimum Gasteiger partial charge on any atom is -0.391 e. The highest BCUT2D eigenvalue weighted by molar-refractivity contribution is 5.94. The van der Waals surface area contributed by atoms with Gasteiger partial charge in [-0.3, -0.25) is 4.98 Å². The highest BCUT2D eigenvalue weighted by Gasteiger charge is 2.30. The van der Waals surface area contributed by atoms with E-state index in [2.05, 4.69) is 43.1 Å². The van der Waals surface area contributed by atoms with Crippen LogP contribution in [0.1, 0.15) is 37.2 Å². The van der Waals surface area contributed by atoms with Crippen LogP contribution in [-0.2, 0) is 0 Å². The van der Waals surface area contributed by atoms with E-state index in [1.807, 2.05) is 36.7 Å². The lowest BCUT2D eigenvalue weighted by molar-refractivity contribution is 0.154. The number of piperazine rings is 1. The Morgan fingerprint density at radius 3 is 2.60 bits per heavy atom. The van der Waals surface area contributed by atoms with E-state index in [1.54, 1.807) is 6.20 Å². The molecule has 7 rings (SSSR count). The summed E-state index contributed by atoms with van der Waals surface area (Å²) in [5.41, 5.74) is 2.94. The summed E-state index contributed by atoms with van der Waals surface area (Å²) in [6.07, 6.45) is 9.36. The van der Waals surface area contributed by atoms with Crippen LogP contribution in [0.3, 0.4) is 0 Å². The molecular formula is C30H35N9O. The van der Waals surface area contributed by atoms with Gasteiger partial charge in [0.1, 0.15) is 23.3 Å². The maximum absolute atomic E-state index is 10.5. The lowest BCUT2D eigenvalue weighted by Gasteiger charge is -2.33. The Balaban J connectivity index is 1.21. The summed E-state index contributed by atoms with van der Waals surface area (Å²) in [6.45, 7) is 5.45. The number of fused-ring (bicyclic) bond motifs is 1. The number of likely N-dealkylation sites (N-methyl/N-ethyl adjacent to an activating group) is 1. The number of hydrogen-bond acceptors (Lipinski definition) is 10. The molecule has 10 nitrogen and oxygen atoms in total. The maximum Gasteiger partial charge on any atom is 0.162 e. The molecule has 0 bridgehead atoms. The van der Waals surface area contributed by atoms with Gasteiger partial charge in [0, 0.05) is 62.6 Å². The monoisotopic (exact) mass is 537 g/mol. The van der Waals surface area contributed by atoms with Gasteiger partial charge < -0.3 is 25.1 Å². The molecule has 0 aromatic carbocycles. The topological polar surface area (TPSA) is 106 Å². The second kappa shape index (κ2) is 10.6. The fourth-order valence-corrected chi connectivity index (χ4v) is 5.77. The summed E-state index contributed by atoms with van der Waals surface area (Å²) in [5.74, 6) is 4.45. The molecule has 3 fully saturated rings. The van der Waals surface area contributed by atoms with Gasteiger partial charge in [-0.1, -0.05) is 6.07 Å². The SMILES string of the molecule is CN1CCN(c2cccc(Nc3cc(-c4nc(N5CCC[C@@H](O)C5)c5c(C6CC6)cncc5n4)ccn3)n2)CC1. The van der Waals surface area contributed by atoms with Gasteiger partial charge in [0.25, 0.3) is 0 Å². The number of hydrogen-bond donors (Lipinski definition) is 2. The van der Waals surface area contributed by atoms with Crippen molar-refractivity contribution in [2.24, 2.45) is 0 Å². The second-order valence-corrected chi connectivity index (χ2v) is 11.2. The van der Waals surface area contributed by atoms with E-state index in [9.17, 15) is 5.11 Å². The molecule has 4 aromatic heterocycles. The third-order valence-corrected chi connectivity index (χ3v) is 8.17. The fourth-order valence-electron chi connectivity index (χ4n) is 5.77. The smallest absolute Gasteiger partial charge is 0.162 e. The molecule has 1 atom stereocenters.